The summed E-state index contributed by atoms with van der Waals surface area (Å²) in [6.07, 6.45) is 0.202. The molecule has 0 fully saturated rings. The topological polar surface area (TPSA) is 17.1 Å². The summed E-state index contributed by atoms with van der Waals surface area (Å²) in [5.74, 6) is -0.754. The molecule has 0 atom stereocenters. The van der Waals surface area contributed by atoms with E-state index in [1.165, 1.54) is 12.1 Å². The predicted octanol–water partition coefficient (Wildman–Crippen LogP) is 5.06. The van der Waals surface area contributed by atoms with Crippen molar-refractivity contribution in [1.29, 1.82) is 0 Å². The van der Waals surface area contributed by atoms with Crippen molar-refractivity contribution in [2.45, 2.75) is 6.42 Å². The maximum Gasteiger partial charge on any atom is 0.168 e. The molecule has 0 spiro atoms. The number of Topliss-reactive ketones (excluding diaryl/α,β-unsaturated/α-hetero) is 1. The van der Waals surface area contributed by atoms with Crippen molar-refractivity contribution in [2.24, 2.45) is 0 Å². The summed E-state index contributed by atoms with van der Waals surface area (Å²) < 4.78 is 13.4. The molecule has 0 unspecified atom stereocenters. The van der Waals surface area contributed by atoms with Crippen molar-refractivity contribution in [3.05, 3.63) is 82.6 Å². The Morgan fingerprint density at radius 1 is 0.952 bits per heavy atom. The van der Waals surface area contributed by atoms with Gasteiger partial charge in [0, 0.05) is 12.0 Å². The summed E-state index contributed by atoms with van der Waals surface area (Å²) >= 11 is 5.85. The summed E-state index contributed by atoms with van der Waals surface area (Å²) in [7, 11) is 0. The molecule has 21 heavy (non-hydrogen) atoms. The van der Waals surface area contributed by atoms with Gasteiger partial charge in [0.25, 0.3) is 0 Å². The molecule has 0 heterocycles. The maximum atomic E-state index is 13.4. The lowest BCUT2D eigenvalue weighted by Crippen LogP contribution is -2.05. The first kappa shape index (κ1) is 13.8. The molecular weight excluding hydrogens is 287 g/mol. The molecule has 0 radical (unpaired) electrons. The number of fused-ring (bicyclic) bond motifs is 1. The Hall–Kier alpha value is -2.19. The molecule has 0 amide bonds. The van der Waals surface area contributed by atoms with Gasteiger partial charge in [0.05, 0.1) is 5.02 Å². The lowest BCUT2D eigenvalue weighted by molar-refractivity contribution is 0.0992. The molecule has 3 aromatic carbocycles. The van der Waals surface area contributed by atoms with E-state index in [2.05, 4.69) is 0 Å². The van der Waals surface area contributed by atoms with Gasteiger partial charge in [-0.3, -0.25) is 4.79 Å². The van der Waals surface area contributed by atoms with E-state index in [9.17, 15) is 9.18 Å². The number of benzene rings is 3. The molecule has 0 aliphatic heterocycles. The van der Waals surface area contributed by atoms with Crippen LogP contribution in [0.15, 0.2) is 60.7 Å². The summed E-state index contributed by atoms with van der Waals surface area (Å²) in [5.41, 5.74) is 1.11. The van der Waals surface area contributed by atoms with E-state index in [4.69, 9.17) is 11.6 Å². The molecule has 0 N–H and O–H groups in total. The van der Waals surface area contributed by atoms with Gasteiger partial charge < -0.3 is 0 Å². The number of carbonyl (C=O) groups excluding carboxylic acids is 1. The second-order valence-electron chi connectivity index (χ2n) is 4.88. The van der Waals surface area contributed by atoms with Crippen LogP contribution in [0.1, 0.15) is 15.9 Å². The molecule has 0 bridgehead atoms. The second-order valence-corrected chi connectivity index (χ2v) is 5.26. The van der Waals surface area contributed by atoms with Crippen LogP contribution in [0.5, 0.6) is 0 Å². The Morgan fingerprint density at radius 3 is 2.52 bits per heavy atom. The first-order chi connectivity index (χ1) is 10.1. The lowest BCUT2D eigenvalue weighted by atomic mass is 10.00. The van der Waals surface area contributed by atoms with E-state index in [-0.39, 0.29) is 22.8 Å². The van der Waals surface area contributed by atoms with Gasteiger partial charge >= 0.3 is 0 Å². The van der Waals surface area contributed by atoms with Crippen molar-refractivity contribution >= 4 is 28.2 Å². The molecule has 1 nitrogen and oxygen atoms in total. The number of hydrogen-bond acceptors (Lipinski definition) is 1. The molecule has 0 saturated carbocycles. The fourth-order valence-corrected chi connectivity index (χ4v) is 2.58. The van der Waals surface area contributed by atoms with Crippen LogP contribution in [0, 0.1) is 5.82 Å². The Balaban J connectivity index is 1.91. The summed E-state index contributed by atoms with van der Waals surface area (Å²) in [5, 5.41) is 2.09. The Kier molecular flexibility index (Phi) is 3.72. The molecule has 3 aromatic rings. The third-order valence-corrected chi connectivity index (χ3v) is 3.81. The van der Waals surface area contributed by atoms with Crippen molar-refractivity contribution in [1.82, 2.24) is 0 Å². The van der Waals surface area contributed by atoms with Crippen molar-refractivity contribution in [3.8, 4) is 0 Å². The molecular formula is C18H12ClFO. The number of rotatable bonds is 3. The van der Waals surface area contributed by atoms with E-state index in [1.54, 1.807) is 6.07 Å². The van der Waals surface area contributed by atoms with Gasteiger partial charge in [-0.2, -0.15) is 0 Å². The van der Waals surface area contributed by atoms with Crippen LogP contribution in [0.3, 0.4) is 0 Å². The van der Waals surface area contributed by atoms with Gasteiger partial charge in [0.2, 0.25) is 0 Å². The second kappa shape index (κ2) is 5.66. The van der Waals surface area contributed by atoms with E-state index in [0.29, 0.717) is 0 Å². The van der Waals surface area contributed by atoms with E-state index in [1.807, 2.05) is 42.5 Å². The largest absolute Gasteiger partial charge is 0.294 e. The molecule has 104 valence electrons. The quantitative estimate of drug-likeness (QED) is 0.618. The molecule has 0 saturated heterocycles. The highest BCUT2D eigenvalue weighted by Gasteiger charge is 2.14. The monoisotopic (exact) mass is 298 g/mol. The Morgan fingerprint density at radius 2 is 1.71 bits per heavy atom. The van der Waals surface area contributed by atoms with Gasteiger partial charge in [0.1, 0.15) is 5.82 Å². The number of carbonyl (C=O) groups is 1. The number of hydrogen-bond donors (Lipinski definition) is 0. The predicted molar refractivity (Wildman–Crippen MR) is 83.4 cm³/mol. The summed E-state index contributed by atoms with van der Waals surface area (Å²) in [6, 6.07) is 18.1. The van der Waals surface area contributed by atoms with Gasteiger partial charge in [-0.25, -0.2) is 4.39 Å². The highest BCUT2D eigenvalue weighted by Crippen LogP contribution is 2.22. The van der Waals surface area contributed by atoms with Crippen LogP contribution in [-0.4, -0.2) is 5.78 Å². The molecule has 0 aliphatic rings. The third kappa shape index (κ3) is 2.81. The van der Waals surface area contributed by atoms with E-state index < -0.39 is 5.82 Å². The normalized spacial score (nSPS) is 10.8. The fourth-order valence-electron chi connectivity index (χ4n) is 2.35. The van der Waals surface area contributed by atoms with Crippen molar-refractivity contribution < 1.29 is 9.18 Å². The fraction of sp³-hybridized carbons (Fsp3) is 0.0556. The van der Waals surface area contributed by atoms with Crippen LogP contribution in [0.4, 0.5) is 4.39 Å². The zero-order chi connectivity index (χ0) is 14.8. The zero-order valence-electron chi connectivity index (χ0n) is 11.1. The average Bonchev–Trinajstić information content (AvgIpc) is 2.50. The molecule has 0 aliphatic carbocycles. The molecule has 3 heteroatoms. The maximum absolute atomic E-state index is 13.4. The average molecular weight is 299 g/mol. The van der Waals surface area contributed by atoms with E-state index >= 15 is 0 Å². The third-order valence-electron chi connectivity index (χ3n) is 3.43. The minimum atomic E-state index is -0.568. The summed E-state index contributed by atoms with van der Waals surface area (Å²) in [4.78, 5) is 12.3. The Labute approximate surface area is 127 Å². The van der Waals surface area contributed by atoms with Gasteiger partial charge in [-0.15, -0.1) is 0 Å². The van der Waals surface area contributed by atoms with Crippen molar-refractivity contribution in [2.75, 3.05) is 0 Å². The Bertz CT molecular complexity index is 826. The molecule has 0 aromatic heterocycles. The van der Waals surface area contributed by atoms with Gasteiger partial charge in [-0.1, -0.05) is 60.1 Å². The first-order valence-electron chi connectivity index (χ1n) is 6.60. The smallest absolute Gasteiger partial charge is 0.168 e. The minimum absolute atomic E-state index is 0.108. The zero-order valence-corrected chi connectivity index (χ0v) is 11.9. The SMILES string of the molecule is O=C(Cc1ccc2ccccc2c1)c1cccc(F)c1Cl. The van der Waals surface area contributed by atoms with Crippen LogP contribution >= 0.6 is 11.6 Å². The number of ketones is 1. The van der Waals surface area contributed by atoms with Crippen LogP contribution in [0.25, 0.3) is 10.8 Å². The van der Waals surface area contributed by atoms with E-state index in [0.717, 1.165) is 16.3 Å². The highest BCUT2D eigenvalue weighted by atomic mass is 35.5. The lowest BCUT2D eigenvalue weighted by Gasteiger charge is -2.06. The van der Waals surface area contributed by atoms with Crippen LogP contribution in [0.2, 0.25) is 5.02 Å². The van der Waals surface area contributed by atoms with Gasteiger partial charge in [-0.05, 0) is 28.5 Å². The van der Waals surface area contributed by atoms with Crippen LogP contribution in [-0.2, 0) is 6.42 Å². The standard InChI is InChI=1S/C18H12ClFO/c19-18-15(6-3-7-16(18)20)17(21)11-12-8-9-13-4-1-2-5-14(13)10-12/h1-10H,11H2. The first-order valence-corrected chi connectivity index (χ1v) is 6.98. The number of halogens is 2. The van der Waals surface area contributed by atoms with Gasteiger partial charge in [0.15, 0.2) is 5.78 Å². The molecule has 3 rings (SSSR count). The minimum Gasteiger partial charge on any atom is -0.294 e. The van der Waals surface area contributed by atoms with Crippen LogP contribution < -0.4 is 0 Å². The summed E-state index contributed by atoms with van der Waals surface area (Å²) in [6.45, 7) is 0. The van der Waals surface area contributed by atoms with Crippen molar-refractivity contribution in [3.63, 3.8) is 0 Å². The highest BCUT2D eigenvalue weighted by molar-refractivity contribution is 6.34.